The lowest BCUT2D eigenvalue weighted by atomic mass is 10.0. The summed E-state index contributed by atoms with van der Waals surface area (Å²) in [6.07, 6.45) is 0. The van der Waals surface area contributed by atoms with Crippen molar-refractivity contribution in [3.63, 3.8) is 0 Å². The molecule has 5 heteroatoms. The van der Waals surface area contributed by atoms with Crippen LogP contribution in [0.1, 0.15) is 34.5 Å². The second-order valence-electron chi connectivity index (χ2n) is 5.07. The predicted molar refractivity (Wildman–Crippen MR) is 87.6 cm³/mol. The summed E-state index contributed by atoms with van der Waals surface area (Å²) >= 11 is 6.19. The van der Waals surface area contributed by atoms with Crippen LogP contribution >= 0.6 is 11.6 Å². The van der Waals surface area contributed by atoms with Crippen molar-refractivity contribution >= 4 is 28.9 Å². The zero-order valence-corrected chi connectivity index (χ0v) is 12.7. The van der Waals surface area contributed by atoms with Gasteiger partial charge in [0.2, 0.25) is 0 Å². The highest BCUT2D eigenvalue weighted by Gasteiger charge is 2.16. The highest BCUT2D eigenvalue weighted by atomic mass is 35.5. The number of anilines is 2. The van der Waals surface area contributed by atoms with E-state index in [-0.39, 0.29) is 6.04 Å². The lowest BCUT2D eigenvalue weighted by Gasteiger charge is -2.19. The highest BCUT2D eigenvalue weighted by Crippen LogP contribution is 2.32. The molecule has 2 aromatic rings. The maximum absolute atomic E-state index is 11.6. The Labute approximate surface area is 129 Å². The first-order valence-corrected chi connectivity index (χ1v) is 6.98. The smallest absolute Gasteiger partial charge is 0.250 e. The molecule has 1 amide bonds. The van der Waals surface area contributed by atoms with Gasteiger partial charge in [0.15, 0.2) is 0 Å². The fourth-order valence-corrected chi connectivity index (χ4v) is 2.41. The van der Waals surface area contributed by atoms with E-state index in [1.165, 1.54) is 11.6 Å². The number of rotatable bonds is 4. The van der Waals surface area contributed by atoms with Crippen molar-refractivity contribution in [1.82, 2.24) is 0 Å². The van der Waals surface area contributed by atoms with Gasteiger partial charge in [-0.15, -0.1) is 0 Å². The van der Waals surface area contributed by atoms with E-state index in [4.69, 9.17) is 23.1 Å². The number of amides is 1. The van der Waals surface area contributed by atoms with Crippen molar-refractivity contribution in [3.05, 3.63) is 58.1 Å². The highest BCUT2D eigenvalue weighted by molar-refractivity contribution is 6.34. The van der Waals surface area contributed by atoms with Crippen LogP contribution in [0, 0.1) is 6.92 Å². The monoisotopic (exact) mass is 303 g/mol. The van der Waals surface area contributed by atoms with Gasteiger partial charge in [-0.05, 0) is 31.5 Å². The molecular weight excluding hydrogens is 286 g/mol. The standard InChI is InChI=1S/C16H18ClN3O/c1-9-3-5-11(6-4-9)10(2)20-15-13(16(19)21)7-12(18)8-14(15)17/h3-8,10,20H,18H2,1-2H3,(H2,19,21). The second kappa shape index (κ2) is 6.06. The molecule has 5 N–H and O–H groups in total. The Kier molecular flexibility index (Phi) is 4.38. The molecule has 110 valence electrons. The molecule has 4 nitrogen and oxygen atoms in total. The molecule has 0 saturated carbocycles. The first kappa shape index (κ1) is 15.2. The van der Waals surface area contributed by atoms with Crippen LogP contribution in [0.2, 0.25) is 5.02 Å². The van der Waals surface area contributed by atoms with E-state index in [1.807, 2.05) is 38.1 Å². The molecule has 0 heterocycles. The van der Waals surface area contributed by atoms with Crippen LogP contribution in [-0.2, 0) is 0 Å². The molecule has 0 bridgehead atoms. The van der Waals surface area contributed by atoms with Gasteiger partial charge in [-0.2, -0.15) is 0 Å². The molecule has 0 spiro atoms. The molecule has 1 atom stereocenters. The Morgan fingerprint density at radius 3 is 2.43 bits per heavy atom. The van der Waals surface area contributed by atoms with E-state index in [0.29, 0.717) is 22.0 Å². The number of nitrogens with two attached hydrogens (primary N) is 2. The Bertz CT molecular complexity index is 668. The zero-order chi connectivity index (χ0) is 15.6. The van der Waals surface area contributed by atoms with Gasteiger partial charge in [0, 0.05) is 11.7 Å². The normalized spacial score (nSPS) is 12.0. The van der Waals surface area contributed by atoms with Gasteiger partial charge < -0.3 is 16.8 Å². The van der Waals surface area contributed by atoms with E-state index in [2.05, 4.69) is 5.32 Å². The summed E-state index contributed by atoms with van der Waals surface area (Å²) < 4.78 is 0. The Balaban J connectivity index is 2.34. The minimum atomic E-state index is -0.567. The Morgan fingerprint density at radius 1 is 1.24 bits per heavy atom. The molecule has 0 saturated heterocycles. The van der Waals surface area contributed by atoms with Crippen LogP contribution in [0.15, 0.2) is 36.4 Å². The van der Waals surface area contributed by atoms with Gasteiger partial charge in [0.05, 0.1) is 16.3 Å². The summed E-state index contributed by atoms with van der Waals surface area (Å²) in [7, 11) is 0. The Morgan fingerprint density at radius 2 is 1.86 bits per heavy atom. The third-order valence-electron chi connectivity index (χ3n) is 3.32. The van der Waals surface area contributed by atoms with E-state index < -0.39 is 5.91 Å². The summed E-state index contributed by atoms with van der Waals surface area (Å²) in [5.74, 6) is -0.567. The lowest BCUT2D eigenvalue weighted by Crippen LogP contribution is -2.17. The molecule has 0 aliphatic rings. The molecule has 0 fully saturated rings. The van der Waals surface area contributed by atoms with Gasteiger partial charge in [-0.1, -0.05) is 41.4 Å². The molecule has 1 unspecified atom stereocenters. The first-order valence-electron chi connectivity index (χ1n) is 6.60. The number of halogens is 1. The van der Waals surface area contributed by atoms with Crippen molar-refractivity contribution in [2.75, 3.05) is 11.1 Å². The minimum Gasteiger partial charge on any atom is -0.399 e. The molecule has 0 aliphatic carbocycles. The lowest BCUT2D eigenvalue weighted by molar-refractivity contribution is 0.100. The van der Waals surface area contributed by atoms with Gasteiger partial charge in [-0.3, -0.25) is 4.79 Å². The van der Waals surface area contributed by atoms with E-state index >= 15 is 0 Å². The minimum absolute atomic E-state index is 0.0233. The number of primary amides is 1. The predicted octanol–water partition coefficient (Wildman–Crippen LogP) is 3.50. The molecule has 0 aliphatic heterocycles. The summed E-state index contributed by atoms with van der Waals surface area (Å²) in [5.41, 5.74) is 14.6. The number of nitrogens with one attached hydrogen (secondary N) is 1. The maximum Gasteiger partial charge on any atom is 0.250 e. The molecular formula is C16H18ClN3O. The summed E-state index contributed by atoms with van der Waals surface area (Å²) in [6, 6.07) is 11.2. The van der Waals surface area contributed by atoms with Gasteiger partial charge in [0.1, 0.15) is 0 Å². The molecule has 0 radical (unpaired) electrons. The van der Waals surface area contributed by atoms with Crippen molar-refractivity contribution in [2.45, 2.75) is 19.9 Å². The SMILES string of the molecule is Cc1ccc(C(C)Nc2c(Cl)cc(N)cc2C(N)=O)cc1. The number of carbonyl (C=O) groups is 1. The number of hydrogen-bond acceptors (Lipinski definition) is 3. The van der Waals surface area contributed by atoms with Crippen molar-refractivity contribution in [1.29, 1.82) is 0 Å². The van der Waals surface area contributed by atoms with Crippen LogP contribution in [0.3, 0.4) is 0 Å². The van der Waals surface area contributed by atoms with Crippen LogP contribution in [0.5, 0.6) is 0 Å². The number of aryl methyl sites for hydroxylation is 1. The van der Waals surface area contributed by atoms with Gasteiger partial charge in [-0.25, -0.2) is 0 Å². The number of hydrogen-bond donors (Lipinski definition) is 3. The largest absolute Gasteiger partial charge is 0.399 e. The summed E-state index contributed by atoms with van der Waals surface area (Å²) in [4.78, 5) is 11.6. The number of nitrogen functional groups attached to an aromatic ring is 1. The number of carbonyl (C=O) groups excluding carboxylic acids is 1. The van der Waals surface area contributed by atoms with Crippen LogP contribution < -0.4 is 16.8 Å². The average molecular weight is 304 g/mol. The van der Waals surface area contributed by atoms with Crippen molar-refractivity contribution < 1.29 is 4.79 Å². The fraction of sp³-hybridized carbons (Fsp3) is 0.188. The number of benzene rings is 2. The third-order valence-corrected chi connectivity index (χ3v) is 3.61. The van der Waals surface area contributed by atoms with Crippen molar-refractivity contribution in [3.8, 4) is 0 Å². The molecule has 2 rings (SSSR count). The summed E-state index contributed by atoms with van der Waals surface area (Å²) in [6.45, 7) is 4.02. The molecule has 21 heavy (non-hydrogen) atoms. The van der Waals surface area contributed by atoms with E-state index in [9.17, 15) is 4.79 Å². The quantitative estimate of drug-likeness (QED) is 0.756. The fourth-order valence-electron chi connectivity index (χ4n) is 2.12. The van der Waals surface area contributed by atoms with Crippen molar-refractivity contribution in [2.24, 2.45) is 5.73 Å². The maximum atomic E-state index is 11.6. The van der Waals surface area contributed by atoms with E-state index in [1.54, 1.807) is 6.07 Å². The van der Waals surface area contributed by atoms with Gasteiger partial charge in [0.25, 0.3) is 5.91 Å². The second-order valence-corrected chi connectivity index (χ2v) is 5.47. The first-order chi connectivity index (χ1) is 9.88. The van der Waals surface area contributed by atoms with Crippen LogP contribution in [0.4, 0.5) is 11.4 Å². The van der Waals surface area contributed by atoms with Crippen LogP contribution in [-0.4, -0.2) is 5.91 Å². The van der Waals surface area contributed by atoms with E-state index in [0.717, 1.165) is 5.56 Å². The Hall–Kier alpha value is -2.20. The van der Waals surface area contributed by atoms with Crippen LogP contribution in [0.25, 0.3) is 0 Å². The molecule has 0 aromatic heterocycles. The summed E-state index contributed by atoms with van der Waals surface area (Å²) in [5, 5.41) is 3.61. The average Bonchev–Trinajstić information content (AvgIpc) is 2.41. The topological polar surface area (TPSA) is 81.1 Å². The third kappa shape index (κ3) is 3.47. The molecule has 2 aromatic carbocycles. The van der Waals surface area contributed by atoms with Gasteiger partial charge >= 0.3 is 0 Å². The zero-order valence-electron chi connectivity index (χ0n) is 12.0.